The number of carbonyl (C=O) groups is 1. The fourth-order valence-electron chi connectivity index (χ4n) is 2.83. The van der Waals surface area contributed by atoms with E-state index in [2.05, 4.69) is 5.32 Å². The number of halogens is 3. The van der Waals surface area contributed by atoms with Gasteiger partial charge in [-0.3, -0.25) is 4.79 Å². The highest BCUT2D eigenvalue weighted by atomic mass is 35.5. The van der Waals surface area contributed by atoms with Gasteiger partial charge in [0.1, 0.15) is 5.82 Å². The molecule has 0 aromatic heterocycles. The fraction of sp³-hybridized carbons (Fsp3) is 0.278. The summed E-state index contributed by atoms with van der Waals surface area (Å²) in [4.78, 5) is 14.2. The summed E-state index contributed by atoms with van der Waals surface area (Å²) >= 11 is 6.04. The number of hydrogen-bond donors (Lipinski definition) is 1. The Kier molecular flexibility index (Phi) is 5.50. The lowest BCUT2D eigenvalue weighted by molar-refractivity contribution is -0.136. The summed E-state index contributed by atoms with van der Waals surface area (Å²) in [5.74, 6) is -1.95. The van der Waals surface area contributed by atoms with Crippen molar-refractivity contribution in [3.63, 3.8) is 0 Å². The van der Waals surface area contributed by atoms with Crippen LogP contribution in [-0.2, 0) is 4.79 Å². The zero-order valence-electron chi connectivity index (χ0n) is 13.3. The molecule has 25 heavy (non-hydrogen) atoms. The molecular weight excluding hydrogens is 350 g/mol. The van der Waals surface area contributed by atoms with Crippen molar-refractivity contribution >= 4 is 17.5 Å². The third-order valence-corrected chi connectivity index (χ3v) is 4.28. The first-order valence-corrected chi connectivity index (χ1v) is 8.26. The number of piperazine rings is 1. The second-order valence-corrected chi connectivity index (χ2v) is 6.16. The minimum absolute atomic E-state index is 0.149. The Balaban J connectivity index is 1.70. The van der Waals surface area contributed by atoms with Crippen molar-refractivity contribution in [1.82, 2.24) is 10.2 Å². The molecule has 1 aliphatic rings. The van der Waals surface area contributed by atoms with Crippen molar-refractivity contribution in [1.29, 1.82) is 0 Å². The van der Waals surface area contributed by atoms with Crippen molar-refractivity contribution in [3.05, 3.63) is 64.7 Å². The van der Waals surface area contributed by atoms with Crippen LogP contribution in [0.2, 0.25) is 5.02 Å². The van der Waals surface area contributed by atoms with E-state index in [1.54, 1.807) is 11.0 Å². The molecule has 2 aromatic carbocycles. The molecule has 1 aliphatic heterocycles. The monoisotopic (exact) mass is 366 g/mol. The minimum atomic E-state index is -0.834. The fourth-order valence-corrected chi connectivity index (χ4v) is 3.03. The predicted molar refractivity (Wildman–Crippen MR) is 90.6 cm³/mol. The van der Waals surface area contributed by atoms with Crippen LogP contribution in [0.25, 0.3) is 0 Å². The van der Waals surface area contributed by atoms with E-state index in [1.807, 2.05) is 18.2 Å². The molecule has 1 fully saturated rings. The summed E-state index contributed by atoms with van der Waals surface area (Å²) in [5, 5.41) is 3.84. The molecule has 0 saturated carbocycles. The van der Waals surface area contributed by atoms with Gasteiger partial charge in [0.05, 0.1) is 6.04 Å². The van der Waals surface area contributed by atoms with Crippen LogP contribution >= 0.6 is 11.6 Å². The Morgan fingerprint density at radius 3 is 2.88 bits per heavy atom. The molecule has 1 atom stereocenters. The SMILES string of the molecule is O=C(COc1ccc(F)cc1F)N1CCNCC1c1cccc(Cl)c1. The van der Waals surface area contributed by atoms with Gasteiger partial charge in [0.25, 0.3) is 5.91 Å². The Morgan fingerprint density at radius 2 is 2.12 bits per heavy atom. The number of ether oxygens (including phenoxy) is 1. The molecule has 0 aliphatic carbocycles. The molecule has 1 saturated heterocycles. The van der Waals surface area contributed by atoms with E-state index < -0.39 is 11.6 Å². The molecule has 0 radical (unpaired) electrons. The number of benzene rings is 2. The molecule has 132 valence electrons. The number of carbonyl (C=O) groups excluding carboxylic acids is 1. The van der Waals surface area contributed by atoms with Crippen LogP contribution in [0.3, 0.4) is 0 Å². The van der Waals surface area contributed by atoms with Crippen LogP contribution in [0, 0.1) is 11.6 Å². The van der Waals surface area contributed by atoms with Crippen molar-refractivity contribution in [2.24, 2.45) is 0 Å². The van der Waals surface area contributed by atoms with Crippen molar-refractivity contribution in [2.75, 3.05) is 26.2 Å². The summed E-state index contributed by atoms with van der Waals surface area (Å²) in [6.07, 6.45) is 0. The second-order valence-electron chi connectivity index (χ2n) is 5.73. The van der Waals surface area contributed by atoms with Gasteiger partial charge in [-0.25, -0.2) is 8.78 Å². The summed E-state index contributed by atoms with van der Waals surface area (Å²) in [5.41, 5.74) is 0.918. The molecule has 0 bridgehead atoms. The molecular formula is C18H17ClF2N2O2. The molecule has 1 N–H and O–H groups in total. The largest absolute Gasteiger partial charge is 0.481 e. The molecule has 1 heterocycles. The normalized spacial score (nSPS) is 17.4. The maximum absolute atomic E-state index is 13.6. The highest BCUT2D eigenvalue weighted by Crippen LogP contribution is 2.25. The number of nitrogens with zero attached hydrogens (tertiary/aromatic N) is 1. The summed E-state index contributed by atoms with van der Waals surface area (Å²) < 4.78 is 31.8. The van der Waals surface area contributed by atoms with E-state index in [0.717, 1.165) is 17.7 Å². The van der Waals surface area contributed by atoms with Gasteiger partial charge in [-0.05, 0) is 29.8 Å². The Bertz CT molecular complexity index is 772. The van der Waals surface area contributed by atoms with Crippen LogP contribution in [-0.4, -0.2) is 37.0 Å². The first-order chi connectivity index (χ1) is 12.0. The van der Waals surface area contributed by atoms with Crippen LogP contribution in [0.5, 0.6) is 5.75 Å². The smallest absolute Gasteiger partial charge is 0.261 e. The number of nitrogens with one attached hydrogen (secondary N) is 1. The number of rotatable bonds is 4. The standard InChI is InChI=1S/C18H17ClF2N2O2/c19-13-3-1-2-12(8-13)16-10-22-6-7-23(16)18(24)11-25-17-5-4-14(20)9-15(17)21/h1-5,8-9,16,22H,6-7,10-11H2. The Hall–Kier alpha value is -2.18. The van der Waals surface area contributed by atoms with E-state index in [-0.39, 0.29) is 24.3 Å². The van der Waals surface area contributed by atoms with Crippen LogP contribution in [0.15, 0.2) is 42.5 Å². The van der Waals surface area contributed by atoms with Gasteiger partial charge < -0.3 is 15.0 Å². The number of hydrogen-bond acceptors (Lipinski definition) is 3. The van der Waals surface area contributed by atoms with Crippen LogP contribution in [0.4, 0.5) is 8.78 Å². The molecule has 1 amide bonds. The molecule has 0 spiro atoms. The van der Waals surface area contributed by atoms with Gasteiger partial charge in [0.15, 0.2) is 18.2 Å². The first kappa shape index (κ1) is 17.6. The lowest BCUT2D eigenvalue weighted by atomic mass is 10.0. The van der Waals surface area contributed by atoms with Gasteiger partial charge in [0, 0.05) is 30.7 Å². The van der Waals surface area contributed by atoms with Crippen molar-refractivity contribution in [3.8, 4) is 5.75 Å². The van der Waals surface area contributed by atoms with E-state index in [0.29, 0.717) is 24.7 Å². The molecule has 1 unspecified atom stereocenters. The van der Waals surface area contributed by atoms with Crippen LogP contribution < -0.4 is 10.1 Å². The van der Waals surface area contributed by atoms with E-state index in [4.69, 9.17) is 16.3 Å². The third-order valence-electron chi connectivity index (χ3n) is 4.04. The maximum atomic E-state index is 13.6. The zero-order chi connectivity index (χ0) is 17.8. The third kappa shape index (κ3) is 4.27. The van der Waals surface area contributed by atoms with Gasteiger partial charge in [-0.2, -0.15) is 0 Å². The van der Waals surface area contributed by atoms with E-state index in [1.165, 1.54) is 6.07 Å². The minimum Gasteiger partial charge on any atom is -0.481 e. The molecule has 4 nitrogen and oxygen atoms in total. The number of amides is 1. The average molecular weight is 367 g/mol. The van der Waals surface area contributed by atoms with Gasteiger partial charge in [-0.1, -0.05) is 23.7 Å². The molecule has 7 heteroatoms. The van der Waals surface area contributed by atoms with Crippen molar-refractivity contribution < 1.29 is 18.3 Å². The Morgan fingerprint density at radius 1 is 1.28 bits per heavy atom. The second kappa shape index (κ2) is 7.80. The van der Waals surface area contributed by atoms with Gasteiger partial charge in [0.2, 0.25) is 0 Å². The first-order valence-electron chi connectivity index (χ1n) is 7.88. The van der Waals surface area contributed by atoms with Gasteiger partial charge >= 0.3 is 0 Å². The lowest BCUT2D eigenvalue weighted by Gasteiger charge is -2.36. The Labute approximate surface area is 149 Å². The van der Waals surface area contributed by atoms with Crippen LogP contribution in [0.1, 0.15) is 11.6 Å². The maximum Gasteiger partial charge on any atom is 0.261 e. The highest BCUT2D eigenvalue weighted by Gasteiger charge is 2.28. The summed E-state index contributed by atoms with van der Waals surface area (Å²) in [6.45, 7) is 1.44. The zero-order valence-corrected chi connectivity index (χ0v) is 14.1. The average Bonchev–Trinajstić information content (AvgIpc) is 2.61. The van der Waals surface area contributed by atoms with E-state index >= 15 is 0 Å². The van der Waals surface area contributed by atoms with Gasteiger partial charge in [-0.15, -0.1) is 0 Å². The summed E-state index contributed by atoms with van der Waals surface area (Å²) in [6, 6.07) is 10.1. The topological polar surface area (TPSA) is 41.6 Å². The predicted octanol–water partition coefficient (Wildman–Crippen LogP) is 3.17. The summed E-state index contributed by atoms with van der Waals surface area (Å²) in [7, 11) is 0. The lowest BCUT2D eigenvalue weighted by Crippen LogP contribution is -2.50. The quantitative estimate of drug-likeness (QED) is 0.903. The molecule has 2 aromatic rings. The van der Waals surface area contributed by atoms with E-state index in [9.17, 15) is 13.6 Å². The molecule has 3 rings (SSSR count). The van der Waals surface area contributed by atoms with Crippen molar-refractivity contribution in [2.45, 2.75) is 6.04 Å². The highest BCUT2D eigenvalue weighted by molar-refractivity contribution is 6.30.